The number of nitrogens with zero attached hydrogens (tertiary/aromatic N) is 1. The van der Waals surface area contributed by atoms with Gasteiger partial charge < -0.3 is 15.2 Å². The molecule has 3 unspecified atom stereocenters. The van der Waals surface area contributed by atoms with Gasteiger partial charge >= 0.3 is 0 Å². The van der Waals surface area contributed by atoms with Crippen LogP contribution in [0.5, 0.6) is 0 Å². The largest absolute Gasteiger partial charge is 0.382 e. The summed E-state index contributed by atoms with van der Waals surface area (Å²) in [7, 11) is 0. The first-order chi connectivity index (χ1) is 8.88. The number of rotatable bonds is 2. The fourth-order valence-corrected chi connectivity index (χ4v) is 3.50. The smallest absolute Gasteiger partial charge is 0.0455 e. The molecule has 2 aliphatic heterocycles. The molecule has 0 radical (unpaired) electrons. The van der Waals surface area contributed by atoms with Gasteiger partial charge in [0.1, 0.15) is 0 Å². The SMILES string of the molecule is c1cc2cc(NC3CCN4CCC3C4)ccc2[nH]1. The van der Waals surface area contributed by atoms with Crippen LogP contribution in [0.4, 0.5) is 5.69 Å². The summed E-state index contributed by atoms with van der Waals surface area (Å²) in [5, 5.41) is 5.05. The molecule has 0 amide bonds. The zero-order valence-electron chi connectivity index (χ0n) is 10.5. The first-order valence-corrected chi connectivity index (χ1v) is 6.94. The second-order valence-electron chi connectivity index (χ2n) is 5.67. The summed E-state index contributed by atoms with van der Waals surface area (Å²) in [4.78, 5) is 5.84. The molecule has 0 saturated carbocycles. The highest BCUT2D eigenvalue weighted by molar-refractivity contribution is 5.83. The maximum Gasteiger partial charge on any atom is 0.0455 e. The number of aromatic nitrogens is 1. The van der Waals surface area contributed by atoms with Crippen molar-refractivity contribution < 1.29 is 0 Å². The molecule has 1 aromatic heterocycles. The van der Waals surface area contributed by atoms with E-state index in [1.807, 2.05) is 6.20 Å². The average molecular weight is 241 g/mol. The van der Waals surface area contributed by atoms with E-state index in [2.05, 4.69) is 39.5 Å². The lowest BCUT2D eigenvalue weighted by atomic mass is 9.94. The Hall–Kier alpha value is -1.48. The molecule has 1 aromatic carbocycles. The predicted molar refractivity (Wildman–Crippen MR) is 74.9 cm³/mol. The van der Waals surface area contributed by atoms with E-state index in [4.69, 9.17) is 0 Å². The van der Waals surface area contributed by atoms with Crippen molar-refractivity contribution in [2.24, 2.45) is 5.92 Å². The van der Waals surface area contributed by atoms with Crippen LogP contribution in [0.25, 0.3) is 10.9 Å². The van der Waals surface area contributed by atoms with Gasteiger partial charge in [-0.1, -0.05) is 0 Å². The molecule has 18 heavy (non-hydrogen) atoms. The Balaban J connectivity index is 1.56. The highest BCUT2D eigenvalue weighted by Crippen LogP contribution is 2.30. The number of nitrogens with one attached hydrogen (secondary N) is 2. The molecule has 3 atom stereocenters. The number of benzene rings is 1. The minimum atomic E-state index is 0.667. The summed E-state index contributed by atoms with van der Waals surface area (Å²) < 4.78 is 0. The van der Waals surface area contributed by atoms with Gasteiger partial charge in [0.15, 0.2) is 0 Å². The van der Waals surface area contributed by atoms with Crippen LogP contribution < -0.4 is 5.32 Å². The minimum absolute atomic E-state index is 0.667. The Morgan fingerprint density at radius 3 is 3.11 bits per heavy atom. The first-order valence-electron chi connectivity index (χ1n) is 6.94. The molecule has 2 aromatic rings. The second-order valence-corrected chi connectivity index (χ2v) is 5.67. The van der Waals surface area contributed by atoms with Crippen molar-refractivity contribution in [3.05, 3.63) is 30.5 Å². The maximum atomic E-state index is 3.75. The molecule has 2 bridgehead atoms. The average Bonchev–Trinajstić information content (AvgIpc) is 3.00. The van der Waals surface area contributed by atoms with Crippen molar-refractivity contribution in [3.8, 4) is 0 Å². The number of fused-ring (bicyclic) bond motifs is 3. The number of H-pyrrole nitrogens is 1. The van der Waals surface area contributed by atoms with Crippen molar-refractivity contribution in [3.63, 3.8) is 0 Å². The first kappa shape index (κ1) is 10.4. The molecule has 2 saturated heterocycles. The minimum Gasteiger partial charge on any atom is -0.382 e. The van der Waals surface area contributed by atoms with Crippen LogP contribution in [0, 0.1) is 5.92 Å². The van der Waals surface area contributed by atoms with Crippen molar-refractivity contribution in [2.45, 2.75) is 18.9 Å². The van der Waals surface area contributed by atoms with E-state index in [1.54, 1.807) is 0 Å². The Morgan fingerprint density at radius 2 is 2.11 bits per heavy atom. The second kappa shape index (κ2) is 4.02. The number of aromatic amines is 1. The Kier molecular flexibility index (Phi) is 2.33. The van der Waals surface area contributed by atoms with Gasteiger partial charge in [0.25, 0.3) is 0 Å². The van der Waals surface area contributed by atoms with Crippen molar-refractivity contribution in [1.29, 1.82) is 0 Å². The van der Waals surface area contributed by atoms with Gasteiger partial charge in [0, 0.05) is 41.9 Å². The van der Waals surface area contributed by atoms with Crippen LogP contribution in [0.2, 0.25) is 0 Å². The molecule has 3 nitrogen and oxygen atoms in total. The van der Waals surface area contributed by atoms with Gasteiger partial charge in [-0.15, -0.1) is 0 Å². The van der Waals surface area contributed by atoms with Crippen LogP contribution in [0.3, 0.4) is 0 Å². The van der Waals surface area contributed by atoms with Crippen molar-refractivity contribution in [2.75, 3.05) is 25.0 Å². The highest BCUT2D eigenvalue weighted by atomic mass is 15.2. The quantitative estimate of drug-likeness (QED) is 0.847. The molecule has 3 heterocycles. The van der Waals surface area contributed by atoms with Gasteiger partial charge in [-0.05, 0) is 49.6 Å². The molecular formula is C15H19N3. The van der Waals surface area contributed by atoms with Gasteiger partial charge in [-0.25, -0.2) is 0 Å². The number of piperidine rings is 1. The number of hydrogen-bond donors (Lipinski definition) is 2. The van der Waals surface area contributed by atoms with Crippen LogP contribution in [-0.4, -0.2) is 35.6 Å². The fraction of sp³-hybridized carbons (Fsp3) is 0.467. The van der Waals surface area contributed by atoms with E-state index < -0.39 is 0 Å². The predicted octanol–water partition coefficient (Wildman–Crippen LogP) is 2.67. The monoisotopic (exact) mass is 241 g/mol. The summed E-state index contributed by atoms with van der Waals surface area (Å²) in [5.74, 6) is 0.848. The molecular weight excluding hydrogens is 222 g/mol. The summed E-state index contributed by atoms with van der Waals surface area (Å²) in [6, 6.07) is 9.42. The zero-order chi connectivity index (χ0) is 11.9. The third-order valence-electron chi connectivity index (χ3n) is 4.54. The van der Waals surface area contributed by atoms with Crippen LogP contribution in [-0.2, 0) is 0 Å². The summed E-state index contributed by atoms with van der Waals surface area (Å²) in [6.45, 7) is 3.87. The van der Waals surface area contributed by atoms with Crippen molar-refractivity contribution in [1.82, 2.24) is 9.88 Å². The molecule has 4 rings (SSSR count). The summed E-state index contributed by atoms with van der Waals surface area (Å²) in [5.41, 5.74) is 2.49. The fourth-order valence-electron chi connectivity index (χ4n) is 3.50. The lowest BCUT2D eigenvalue weighted by Gasteiger charge is -2.31. The van der Waals surface area contributed by atoms with E-state index in [0.29, 0.717) is 6.04 Å². The lowest BCUT2D eigenvalue weighted by molar-refractivity contribution is 0.255. The van der Waals surface area contributed by atoms with E-state index in [0.717, 1.165) is 5.92 Å². The summed E-state index contributed by atoms with van der Waals surface area (Å²) >= 11 is 0. The molecule has 3 heteroatoms. The maximum absolute atomic E-state index is 3.75. The Bertz CT molecular complexity index is 560. The van der Waals surface area contributed by atoms with E-state index >= 15 is 0 Å². The van der Waals surface area contributed by atoms with Crippen LogP contribution in [0.15, 0.2) is 30.5 Å². The third kappa shape index (κ3) is 1.70. The standard InChI is InChI=1S/C15H19N3/c1-2-14-11(3-6-16-14)9-13(1)17-15-5-8-18-7-4-12(15)10-18/h1-3,6,9,12,15-17H,4-5,7-8,10H2. The van der Waals surface area contributed by atoms with Crippen LogP contribution in [0.1, 0.15) is 12.8 Å². The lowest BCUT2D eigenvalue weighted by Crippen LogP contribution is -2.39. The van der Waals surface area contributed by atoms with Gasteiger partial charge in [0.2, 0.25) is 0 Å². The van der Waals surface area contributed by atoms with E-state index in [9.17, 15) is 0 Å². The molecule has 94 valence electrons. The number of anilines is 1. The summed E-state index contributed by atoms with van der Waals surface area (Å²) in [6.07, 6.45) is 4.66. The molecule has 2 N–H and O–H groups in total. The third-order valence-corrected chi connectivity index (χ3v) is 4.54. The van der Waals surface area contributed by atoms with E-state index in [1.165, 1.54) is 49.1 Å². The van der Waals surface area contributed by atoms with Crippen molar-refractivity contribution >= 4 is 16.6 Å². The molecule has 2 fully saturated rings. The van der Waals surface area contributed by atoms with Crippen LogP contribution >= 0.6 is 0 Å². The van der Waals surface area contributed by atoms with E-state index in [-0.39, 0.29) is 0 Å². The highest BCUT2D eigenvalue weighted by Gasteiger charge is 2.33. The number of hydrogen-bond acceptors (Lipinski definition) is 2. The van der Waals surface area contributed by atoms with Gasteiger partial charge in [-0.2, -0.15) is 0 Å². The molecule has 0 aliphatic carbocycles. The topological polar surface area (TPSA) is 31.1 Å². The zero-order valence-corrected chi connectivity index (χ0v) is 10.5. The Labute approximate surface area is 107 Å². The van der Waals surface area contributed by atoms with Gasteiger partial charge in [0.05, 0.1) is 0 Å². The normalized spacial score (nSPS) is 30.8. The van der Waals surface area contributed by atoms with Gasteiger partial charge in [-0.3, -0.25) is 0 Å². The molecule has 0 spiro atoms. The Morgan fingerprint density at radius 1 is 1.17 bits per heavy atom. The molecule has 2 aliphatic rings.